The van der Waals surface area contributed by atoms with Crippen molar-refractivity contribution in [1.82, 2.24) is 0 Å². The van der Waals surface area contributed by atoms with Gasteiger partial charge < -0.3 is 4.74 Å². The van der Waals surface area contributed by atoms with Gasteiger partial charge in [-0.1, -0.05) is 12.5 Å². The normalized spacial score (nSPS) is 20.2. The van der Waals surface area contributed by atoms with E-state index in [1.807, 2.05) is 0 Å². The number of allylic oxidation sites excluding steroid dienone is 2. The van der Waals surface area contributed by atoms with Gasteiger partial charge in [0.25, 0.3) is 0 Å². The van der Waals surface area contributed by atoms with Crippen LogP contribution >= 0.6 is 11.6 Å². The predicted molar refractivity (Wildman–Crippen MR) is 78.6 cm³/mol. The van der Waals surface area contributed by atoms with Crippen LogP contribution in [0.3, 0.4) is 0 Å². The molecule has 1 aliphatic carbocycles. The molecule has 1 aromatic carbocycles. The van der Waals surface area contributed by atoms with Gasteiger partial charge in [0.1, 0.15) is 5.75 Å². The van der Waals surface area contributed by atoms with E-state index in [9.17, 15) is 0 Å². The molecule has 0 fully saturated rings. The maximum atomic E-state index is 6.32. The molecule has 0 radical (unpaired) electrons. The van der Waals surface area contributed by atoms with Crippen LogP contribution < -0.4 is 4.74 Å². The number of methoxy groups -OCH3 is 1. The summed E-state index contributed by atoms with van der Waals surface area (Å²) >= 11 is 6.32. The third-order valence-electron chi connectivity index (χ3n) is 3.65. The summed E-state index contributed by atoms with van der Waals surface area (Å²) < 4.78 is 5.37. The Morgan fingerprint density at radius 1 is 1.17 bits per heavy atom. The minimum atomic E-state index is 0.185. The van der Waals surface area contributed by atoms with Gasteiger partial charge in [-0.3, -0.25) is 0 Å². The van der Waals surface area contributed by atoms with Gasteiger partial charge in [-0.2, -0.15) is 0 Å². The molecule has 0 bridgehead atoms. The van der Waals surface area contributed by atoms with Crippen molar-refractivity contribution in [3.63, 3.8) is 0 Å². The zero-order valence-electron chi connectivity index (χ0n) is 11.4. The Bertz CT molecular complexity index is 462. The van der Waals surface area contributed by atoms with Crippen LogP contribution in [0.15, 0.2) is 18.2 Å². The molecule has 1 nitrogen and oxygen atoms in total. The van der Waals surface area contributed by atoms with Crippen LogP contribution in [0.2, 0.25) is 0 Å². The molecular formula is C16H21ClO. The van der Waals surface area contributed by atoms with E-state index in [0.29, 0.717) is 0 Å². The molecule has 0 aliphatic heterocycles. The molecule has 1 aliphatic rings. The van der Waals surface area contributed by atoms with Crippen molar-refractivity contribution in [2.24, 2.45) is 0 Å². The molecule has 1 unspecified atom stereocenters. The van der Waals surface area contributed by atoms with Crippen molar-refractivity contribution in [2.45, 2.75) is 44.9 Å². The zero-order chi connectivity index (χ0) is 13.1. The fourth-order valence-corrected chi connectivity index (χ4v) is 2.93. The van der Waals surface area contributed by atoms with Gasteiger partial charge in [0.15, 0.2) is 0 Å². The zero-order valence-corrected chi connectivity index (χ0v) is 12.2. The summed E-state index contributed by atoms with van der Waals surface area (Å²) in [6.45, 7) is 4.24. The number of hydrogen-bond donors (Lipinski definition) is 0. The van der Waals surface area contributed by atoms with Crippen molar-refractivity contribution in [1.29, 1.82) is 0 Å². The first-order valence-corrected chi connectivity index (χ1v) is 7.06. The molecule has 0 saturated carbocycles. The highest BCUT2D eigenvalue weighted by Gasteiger charge is 2.14. The fraction of sp³-hybridized carbons (Fsp3) is 0.500. The second-order valence-corrected chi connectivity index (χ2v) is 5.65. The predicted octanol–water partition coefficient (Wildman–Crippen LogP) is 4.88. The topological polar surface area (TPSA) is 9.23 Å². The Hall–Kier alpha value is -0.950. The fourth-order valence-electron chi connectivity index (χ4n) is 2.62. The lowest BCUT2D eigenvalue weighted by molar-refractivity contribution is 0.411. The second-order valence-electron chi connectivity index (χ2n) is 5.09. The smallest absolute Gasteiger partial charge is 0.122 e. The maximum Gasteiger partial charge on any atom is 0.122 e. The average Bonchev–Trinajstić information content (AvgIpc) is 2.56. The van der Waals surface area contributed by atoms with Crippen LogP contribution in [-0.4, -0.2) is 12.5 Å². The summed E-state index contributed by atoms with van der Waals surface area (Å²) in [5.41, 5.74) is 5.19. The SMILES string of the molecule is COc1cc(C)c(C2=CC(Cl)CCCC2)cc1C. The van der Waals surface area contributed by atoms with Crippen LogP contribution in [0.1, 0.15) is 42.4 Å². The van der Waals surface area contributed by atoms with Crippen molar-refractivity contribution < 1.29 is 4.74 Å². The molecule has 0 heterocycles. The molecular weight excluding hydrogens is 244 g/mol. The van der Waals surface area contributed by atoms with Gasteiger partial charge >= 0.3 is 0 Å². The Kier molecular flexibility index (Phi) is 4.34. The van der Waals surface area contributed by atoms with Gasteiger partial charge in [-0.15, -0.1) is 11.6 Å². The highest BCUT2D eigenvalue weighted by atomic mass is 35.5. The lowest BCUT2D eigenvalue weighted by Gasteiger charge is -2.14. The summed E-state index contributed by atoms with van der Waals surface area (Å²) in [6, 6.07) is 4.36. The summed E-state index contributed by atoms with van der Waals surface area (Å²) in [4.78, 5) is 0. The summed E-state index contributed by atoms with van der Waals surface area (Å²) in [5, 5.41) is 0.185. The Morgan fingerprint density at radius 2 is 1.94 bits per heavy atom. The molecule has 0 saturated heterocycles. The number of halogens is 1. The molecule has 0 spiro atoms. The highest BCUT2D eigenvalue weighted by Crippen LogP contribution is 2.33. The van der Waals surface area contributed by atoms with E-state index in [-0.39, 0.29) is 5.38 Å². The Labute approximate surface area is 115 Å². The largest absolute Gasteiger partial charge is 0.496 e. The van der Waals surface area contributed by atoms with E-state index >= 15 is 0 Å². The van der Waals surface area contributed by atoms with Crippen molar-refractivity contribution >= 4 is 17.2 Å². The Balaban J connectivity index is 2.41. The standard InChI is InChI=1S/C16H21ClO/c1-11-9-16(18-3)12(2)8-15(11)13-6-4-5-7-14(17)10-13/h8-10,14H,4-7H2,1-3H3. The van der Waals surface area contributed by atoms with Crippen LogP contribution in [0, 0.1) is 13.8 Å². The minimum Gasteiger partial charge on any atom is -0.496 e. The molecule has 2 heteroatoms. The minimum absolute atomic E-state index is 0.185. The van der Waals surface area contributed by atoms with E-state index in [2.05, 4.69) is 32.1 Å². The van der Waals surface area contributed by atoms with Crippen molar-refractivity contribution in [2.75, 3.05) is 7.11 Å². The summed E-state index contributed by atoms with van der Waals surface area (Å²) in [7, 11) is 1.72. The van der Waals surface area contributed by atoms with E-state index in [1.54, 1.807) is 7.11 Å². The number of aryl methyl sites for hydroxylation is 2. The molecule has 0 aromatic heterocycles. The first-order chi connectivity index (χ1) is 8.61. The average molecular weight is 265 g/mol. The van der Waals surface area contributed by atoms with E-state index in [4.69, 9.17) is 16.3 Å². The number of rotatable bonds is 2. The van der Waals surface area contributed by atoms with Crippen LogP contribution in [0.5, 0.6) is 5.75 Å². The molecule has 1 aromatic rings. The van der Waals surface area contributed by atoms with Crippen LogP contribution in [0.25, 0.3) is 5.57 Å². The monoisotopic (exact) mass is 264 g/mol. The maximum absolute atomic E-state index is 6.32. The number of alkyl halides is 1. The van der Waals surface area contributed by atoms with Gasteiger partial charge in [0, 0.05) is 0 Å². The lowest BCUT2D eigenvalue weighted by Crippen LogP contribution is -1.96. The van der Waals surface area contributed by atoms with Gasteiger partial charge in [0.2, 0.25) is 0 Å². The quantitative estimate of drug-likeness (QED) is 0.692. The molecule has 1 atom stereocenters. The van der Waals surface area contributed by atoms with Crippen LogP contribution in [-0.2, 0) is 0 Å². The van der Waals surface area contributed by atoms with Gasteiger partial charge in [-0.05, 0) is 67.5 Å². The summed E-state index contributed by atoms with van der Waals surface area (Å²) in [6.07, 6.45) is 6.93. The first-order valence-electron chi connectivity index (χ1n) is 6.62. The van der Waals surface area contributed by atoms with E-state index in [0.717, 1.165) is 18.6 Å². The molecule has 0 N–H and O–H groups in total. The number of hydrogen-bond acceptors (Lipinski definition) is 1. The summed E-state index contributed by atoms with van der Waals surface area (Å²) in [5.74, 6) is 0.966. The van der Waals surface area contributed by atoms with Crippen molar-refractivity contribution in [3.8, 4) is 5.75 Å². The molecule has 18 heavy (non-hydrogen) atoms. The highest BCUT2D eigenvalue weighted by molar-refractivity contribution is 6.22. The molecule has 98 valence electrons. The second kappa shape index (κ2) is 5.79. The van der Waals surface area contributed by atoms with Gasteiger partial charge in [-0.25, -0.2) is 0 Å². The first kappa shape index (κ1) is 13.5. The molecule has 2 rings (SSSR count). The Morgan fingerprint density at radius 3 is 2.67 bits per heavy atom. The number of benzene rings is 1. The van der Waals surface area contributed by atoms with Crippen molar-refractivity contribution in [3.05, 3.63) is 34.9 Å². The van der Waals surface area contributed by atoms with E-state index in [1.165, 1.54) is 35.1 Å². The van der Waals surface area contributed by atoms with E-state index < -0.39 is 0 Å². The third-order valence-corrected chi connectivity index (χ3v) is 3.99. The number of ether oxygens (including phenoxy) is 1. The van der Waals surface area contributed by atoms with Gasteiger partial charge in [0.05, 0.1) is 12.5 Å². The molecule has 0 amide bonds. The van der Waals surface area contributed by atoms with Crippen LogP contribution in [0.4, 0.5) is 0 Å². The lowest BCUT2D eigenvalue weighted by atomic mass is 9.95. The third kappa shape index (κ3) is 2.89.